The molecular formula is C57H98O6. The number of allylic oxidation sites excluding steroid dienone is 12. The van der Waals surface area contributed by atoms with Crippen molar-refractivity contribution >= 4 is 17.9 Å². The summed E-state index contributed by atoms with van der Waals surface area (Å²) in [5, 5.41) is 0. The van der Waals surface area contributed by atoms with Crippen LogP contribution < -0.4 is 0 Å². The summed E-state index contributed by atoms with van der Waals surface area (Å²) in [6, 6.07) is 0. The summed E-state index contributed by atoms with van der Waals surface area (Å²) in [7, 11) is 0. The third kappa shape index (κ3) is 49.7. The lowest BCUT2D eigenvalue weighted by Gasteiger charge is -2.18. The van der Waals surface area contributed by atoms with Gasteiger partial charge in [0.1, 0.15) is 13.2 Å². The number of rotatable bonds is 47. The normalized spacial score (nSPS) is 12.6. The van der Waals surface area contributed by atoms with Crippen LogP contribution in [0.25, 0.3) is 0 Å². The number of esters is 3. The minimum atomic E-state index is -0.785. The molecule has 0 fully saturated rings. The van der Waals surface area contributed by atoms with E-state index in [0.29, 0.717) is 19.3 Å². The Kier molecular flexibility index (Phi) is 48.9. The Morgan fingerprint density at radius 2 is 0.667 bits per heavy atom. The van der Waals surface area contributed by atoms with Crippen molar-refractivity contribution in [2.75, 3.05) is 13.2 Å². The summed E-state index contributed by atoms with van der Waals surface area (Å²) in [6.07, 6.45) is 64.5. The van der Waals surface area contributed by atoms with Crippen LogP contribution in [-0.4, -0.2) is 37.2 Å². The molecule has 0 aromatic heterocycles. The zero-order valence-electron chi connectivity index (χ0n) is 41.3. The third-order valence-corrected chi connectivity index (χ3v) is 11.2. The second-order valence-electron chi connectivity index (χ2n) is 17.4. The van der Waals surface area contributed by atoms with Gasteiger partial charge in [-0.3, -0.25) is 14.4 Å². The number of unbranched alkanes of at least 4 members (excludes halogenated alkanes) is 25. The molecular weight excluding hydrogens is 781 g/mol. The van der Waals surface area contributed by atoms with E-state index in [-0.39, 0.29) is 31.1 Å². The van der Waals surface area contributed by atoms with Crippen molar-refractivity contribution in [2.24, 2.45) is 0 Å². The Hall–Kier alpha value is -3.15. The van der Waals surface area contributed by atoms with Crippen LogP contribution in [0.2, 0.25) is 0 Å². The highest BCUT2D eigenvalue weighted by Crippen LogP contribution is 2.15. The van der Waals surface area contributed by atoms with Crippen LogP contribution in [-0.2, 0) is 28.6 Å². The first-order valence-electron chi connectivity index (χ1n) is 26.5. The van der Waals surface area contributed by atoms with Crippen molar-refractivity contribution in [1.29, 1.82) is 0 Å². The number of hydrogen-bond acceptors (Lipinski definition) is 6. The molecule has 0 saturated heterocycles. The van der Waals surface area contributed by atoms with Crippen molar-refractivity contribution in [3.63, 3.8) is 0 Å². The second-order valence-corrected chi connectivity index (χ2v) is 17.4. The minimum absolute atomic E-state index is 0.0834. The van der Waals surface area contributed by atoms with E-state index in [4.69, 9.17) is 14.2 Å². The summed E-state index contributed by atoms with van der Waals surface area (Å²) in [6.45, 7) is 6.47. The predicted molar refractivity (Wildman–Crippen MR) is 270 cm³/mol. The number of hydrogen-bond donors (Lipinski definition) is 0. The maximum atomic E-state index is 12.8. The number of carbonyl (C=O) groups is 3. The first-order valence-corrected chi connectivity index (χ1v) is 26.5. The standard InChI is InChI=1S/C57H98O6/c1-4-7-10-13-16-19-22-24-26-27-28-29-31-32-35-38-41-44-47-50-56(59)62-53-54(52-61-55(58)49-46-43-40-37-34-21-18-15-12-9-6-3)63-57(60)51-48-45-42-39-36-33-30-25-23-20-17-14-11-8-5-2/h7,10,16-17,19-20,23-26,28-29,54H,4-6,8-9,11-15,18,21-22,27,30-53H2,1-3H3/b10-7-,19-16-,20-17-,25-23-,26-24-,29-28-. The third-order valence-electron chi connectivity index (χ3n) is 11.2. The van der Waals surface area contributed by atoms with E-state index in [1.165, 1.54) is 109 Å². The molecule has 0 amide bonds. The van der Waals surface area contributed by atoms with E-state index in [2.05, 4.69) is 93.7 Å². The van der Waals surface area contributed by atoms with Gasteiger partial charge in [0.15, 0.2) is 6.10 Å². The summed E-state index contributed by atoms with van der Waals surface area (Å²) < 4.78 is 16.8. The van der Waals surface area contributed by atoms with E-state index in [1.807, 2.05) is 0 Å². The summed E-state index contributed by atoms with van der Waals surface area (Å²) >= 11 is 0. The molecule has 0 aliphatic carbocycles. The van der Waals surface area contributed by atoms with Crippen LogP contribution in [0.4, 0.5) is 0 Å². The Balaban J connectivity index is 4.39. The van der Waals surface area contributed by atoms with Gasteiger partial charge in [0.2, 0.25) is 0 Å². The van der Waals surface area contributed by atoms with Crippen LogP contribution in [0.1, 0.15) is 252 Å². The zero-order chi connectivity index (χ0) is 45.8. The largest absolute Gasteiger partial charge is 0.462 e. The molecule has 0 aliphatic rings. The van der Waals surface area contributed by atoms with Gasteiger partial charge in [-0.1, -0.05) is 222 Å². The van der Waals surface area contributed by atoms with Gasteiger partial charge >= 0.3 is 17.9 Å². The molecule has 1 unspecified atom stereocenters. The van der Waals surface area contributed by atoms with E-state index in [9.17, 15) is 14.4 Å². The van der Waals surface area contributed by atoms with Gasteiger partial charge in [0, 0.05) is 19.3 Å². The molecule has 0 bridgehead atoms. The van der Waals surface area contributed by atoms with Crippen molar-refractivity contribution in [3.05, 3.63) is 72.9 Å². The molecule has 0 N–H and O–H groups in total. The minimum Gasteiger partial charge on any atom is -0.462 e. The topological polar surface area (TPSA) is 78.9 Å². The molecule has 6 nitrogen and oxygen atoms in total. The lowest BCUT2D eigenvalue weighted by atomic mass is 10.1. The van der Waals surface area contributed by atoms with E-state index < -0.39 is 6.10 Å². The fourth-order valence-corrected chi connectivity index (χ4v) is 7.25. The zero-order valence-corrected chi connectivity index (χ0v) is 41.3. The van der Waals surface area contributed by atoms with Crippen LogP contribution in [0, 0.1) is 0 Å². The summed E-state index contributed by atoms with van der Waals surface area (Å²) in [5.41, 5.74) is 0. The average molecular weight is 879 g/mol. The lowest BCUT2D eigenvalue weighted by molar-refractivity contribution is -0.167. The van der Waals surface area contributed by atoms with Gasteiger partial charge in [-0.05, 0) is 83.5 Å². The Labute approximate surface area is 389 Å². The highest BCUT2D eigenvalue weighted by molar-refractivity contribution is 5.71. The SMILES string of the molecule is CC/C=C\C/C=C\C/C=C\C/C=C\CCCCCCCCC(=O)OCC(COC(=O)CCCCCCCCCCCCC)OC(=O)CCCCCCCC/C=C\C=C/CCCCC. The lowest BCUT2D eigenvalue weighted by Crippen LogP contribution is -2.30. The Bertz CT molecular complexity index is 1190. The maximum absolute atomic E-state index is 12.8. The molecule has 0 spiro atoms. The van der Waals surface area contributed by atoms with Gasteiger partial charge in [-0.15, -0.1) is 0 Å². The molecule has 0 aliphatic heterocycles. The second kappa shape index (κ2) is 51.5. The van der Waals surface area contributed by atoms with Gasteiger partial charge in [-0.25, -0.2) is 0 Å². The Morgan fingerprint density at radius 1 is 0.349 bits per heavy atom. The Morgan fingerprint density at radius 3 is 1.10 bits per heavy atom. The van der Waals surface area contributed by atoms with Crippen LogP contribution in [0.3, 0.4) is 0 Å². The average Bonchev–Trinajstić information content (AvgIpc) is 3.28. The number of carbonyl (C=O) groups excluding carboxylic acids is 3. The van der Waals surface area contributed by atoms with Gasteiger partial charge in [0.05, 0.1) is 0 Å². The van der Waals surface area contributed by atoms with Gasteiger partial charge in [0.25, 0.3) is 0 Å². The van der Waals surface area contributed by atoms with Crippen LogP contribution >= 0.6 is 0 Å². The molecule has 63 heavy (non-hydrogen) atoms. The van der Waals surface area contributed by atoms with Crippen molar-refractivity contribution < 1.29 is 28.6 Å². The fourth-order valence-electron chi connectivity index (χ4n) is 7.25. The monoisotopic (exact) mass is 879 g/mol. The highest BCUT2D eigenvalue weighted by Gasteiger charge is 2.19. The summed E-state index contributed by atoms with van der Waals surface area (Å²) in [5.74, 6) is -0.907. The quantitative estimate of drug-likeness (QED) is 0.0199. The van der Waals surface area contributed by atoms with E-state index in [1.54, 1.807) is 0 Å². The van der Waals surface area contributed by atoms with Crippen LogP contribution in [0.5, 0.6) is 0 Å². The van der Waals surface area contributed by atoms with E-state index >= 15 is 0 Å². The molecule has 0 saturated carbocycles. The summed E-state index contributed by atoms with van der Waals surface area (Å²) in [4.78, 5) is 38.0. The molecule has 0 rings (SSSR count). The van der Waals surface area contributed by atoms with Crippen molar-refractivity contribution in [3.8, 4) is 0 Å². The van der Waals surface area contributed by atoms with E-state index in [0.717, 1.165) is 103 Å². The fraction of sp³-hybridized carbons (Fsp3) is 0.737. The van der Waals surface area contributed by atoms with Crippen LogP contribution in [0.15, 0.2) is 72.9 Å². The van der Waals surface area contributed by atoms with Crippen molar-refractivity contribution in [2.45, 2.75) is 258 Å². The maximum Gasteiger partial charge on any atom is 0.306 e. The predicted octanol–water partition coefficient (Wildman–Crippen LogP) is 17.4. The first-order chi connectivity index (χ1) is 31.0. The smallest absolute Gasteiger partial charge is 0.306 e. The molecule has 1 atom stereocenters. The molecule has 362 valence electrons. The molecule has 0 heterocycles. The van der Waals surface area contributed by atoms with Gasteiger partial charge < -0.3 is 14.2 Å². The van der Waals surface area contributed by atoms with Gasteiger partial charge in [-0.2, -0.15) is 0 Å². The van der Waals surface area contributed by atoms with Crippen molar-refractivity contribution in [1.82, 2.24) is 0 Å². The molecule has 6 heteroatoms. The first kappa shape index (κ1) is 59.9. The number of ether oxygens (including phenoxy) is 3. The molecule has 0 aromatic rings. The molecule has 0 radical (unpaired) electrons. The highest BCUT2D eigenvalue weighted by atomic mass is 16.6. The molecule has 0 aromatic carbocycles.